The number of sulfonamides is 1. The third kappa shape index (κ3) is 4.97. The molecule has 4 rings (SSSR count). The van der Waals surface area contributed by atoms with E-state index >= 15 is 0 Å². The van der Waals surface area contributed by atoms with E-state index in [9.17, 15) is 22.0 Å². The number of nitrogens with zero attached hydrogens (tertiary/aromatic N) is 2. The molecular formula is C24H24F2N2O5S. The van der Waals surface area contributed by atoms with Crippen LogP contribution in [0.5, 0.6) is 11.5 Å². The first-order valence-electron chi connectivity index (χ1n) is 10.8. The molecule has 3 aromatic carbocycles. The fourth-order valence-electron chi connectivity index (χ4n) is 3.89. The predicted octanol–water partition coefficient (Wildman–Crippen LogP) is 3.99. The van der Waals surface area contributed by atoms with Crippen LogP contribution in [-0.2, 0) is 10.0 Å². The normalized spacial score (nSPS) is 15.0. The molecular weight excluding hydrogens is 466 g/mol. The maximum absolute atomic E-state index is 13.2. The Morgan fingerprint density at radius 3 is 2.32 bits per heavy atom. The number of amides is 1. The van der Waals surface area contributed by atoms with Gasteiger partial charge in [0.05, 0.1) is 11.5 Å². The third-order valence-electron chi connectivity index (χ3n) is 5.59. The second-order valence-electron chi connectivity index (χ2n) is 7.68. The lowest BCUT2D eigenvalue weighted by atomic mass is 10.1. The molecule has 0 atom stereocenters. The lowest BCUT2D eigenvalue weighted by Crippen LogP contribution is -2.50. The summed E-state index contributed by atoms with van der Waals surface area (Å²) in [6.45, 7) is -0.426. The minimum atomic E-state index is -3.71. The highest BCUT2D eigenvalue weighted by molar-refractivity contribution is 7.89. The van der Waals surface area contributed by atoms with E-state index in [1.165, 1.54) is 27.4 Å². The number of hydrogen-bond donors (Lipinski definition) is 0. The Bertz CT molecular complexity index is 1290. The van der Waals surface area contributed by atoms with Crippen LogP contribution >= 0.6 is 0 Å². The molecule has 0 spiro atoms. The summed E-state index contributed by atoms with van der Waals surface area (Å²) >= 11 is 0. The zero-order chi connectivity index (χ0) is 24.3. The van der Waals surface area contributed by atoms with Crippen molar-refractivity contribution >= 4 is 26.7 Å². The van der Waals surface area contributed by atoms with Crippen LogP contribution in [0.3, 0.4) is 0 Å². The fourth-order valence-corrected chi connectivity index (χ4v) is 5.35. The van der Waals surface area contributed by atoms with Gasteiger partial charge in [-0.1, -0.05) is 30.3 Å². The first-order chi connectivity index (χ1) is 16.3. The molecule has 0 unspecified atom stereocenters. The van der Waals surface area contributed by atoms with Crippen molar-refractivity contribution in [2.75, 3.05) is 32.8 Å². The summed E-state index contributed by atoms with van der Waals surface area (Å²) in [6.07, 6.45) is 0. The Morgan fingerprint density at radius 1 is 0.941 bits per heavy atom. The number of halogens is 2. The minimum Gasteiger partial charge on any atom is -0.490 e. The van der Waals surface area contributed by atoms with Crippen molar-refractivity contribution in [3.8, 4) is 11.5 Å². The van der Waals surface area contributed by atoms with E-state index in [1.54, 1.807) is 25.1 Å². The first kappa shape index (κ1) is 23.9. The lowest BCUT2D eigenvalue weighted by molar-refractivity contribution is -0.0514. The molecule has 0 aliphatic carbocycles. The Morgan fingerprint density at radius 2 is 1.65 bits per heavy atom. The molecule has 10 heteroatoms. The highest BCUT2D eigenvalue weighted by atomic mass is 32.2. The van der Waals surface area contributed by atoms with E-state index < -0.39 is 16.6 Å². The van der Waals surface area contributed by atoms with Crippen molar-refractivity contribution in [1.82, 2.24) is 9.21 Å². The molecule has 1 aliphatic heterocycles. The van der Waals surface area contributed by atoms with Gasteiger partial charge in [0, 0.05) is 31.7 Å². The molecule has 7 nitrogen and oxygen atoms in total. The Kier molecular flexibility index (Phi) is 6.99. The monoisotopic (exact) mass is 490 g/mol. The van der Waals surface area contributed by atoms with E-state index in [1.807, 2.05) is 24.3 Å². The summed E-state index contributed by atoms with van der Waals surface area (Å²) in [5.41, 5.74) is 0.246. The highest BCUT2D eigenvalue weighted by Gasteiger charge is 2.31. The number of benzene rings is 3. The number of hydrogen-bond acceptors (Lipinski definition) is 5. The van der Waals surface area contributed by atoms with Gasteiger partial charge in [-0.25, -0.2) is 8.42 Å². The van der Waals surface area contributed by atoms with Crippen LogP contribution in [0.15, 0.2) is 65.6 Å². The molecule has 1 heterocycles. The van der Waals surface area contributed by atoms with Gasteiger partial charge < -0.3 is 14.4 Å². The van der Waals surface area contributed by atoms with Gasteiger partial charge >= 0.3 is 6.61 Å². The molecule has 34 heavy (non-hydrogen) atoms. The van der Waals surface area contributed by atoms with Gasteiger partial charge in [-0.15, -0.1) is 0 Å². The van der Waals surface area contributed by atoms with Crippen LogP contribution in [0, 0.1) is 0 Å². The average Bonchev–Trinajstić information content (AvgIpc) is 2.84. The topological polar surface area (TPSA) is 76.2 Å². The number of rotatable bonds is 7. The molecule has 1 saturated heterocycles. The molecule has 1 aliphatic rings. The molecule has 0 saturated carbocycles. The van der Waals surface area contributed by atoms with E-state index in [0.29, 0.717) is 0 Å². The number of fused-ring (bicyclic) bond motifs is 1. The molecule has 0 radical (unpaired) electrons. The first-order valence-corrected chi connectivity index (χ1v) is 12.2. The lowest BCUT2D eigenvalue weighted by Gasteiger charge is -2.34. The zero-order valence-electron chi connectivity index (χ0n) is 18.5. The highest BCUT2D eigenvalue weighted by Crippen LogP contribution is 2.31. The van der Waals surface area contributed by atoms with E-state index in [2.05, 4.69) is 4.74 Å². The van der Waals surface area contributed by atoms with Crippen LogP contribution in [0.25, 0.3) is 10.8 Å². The molecule has 180 valence electrons. The van der Waals surface area contributed by atoms with Gasteiger partial charge in [0.25, 0.3) is 5.91 Å². The second kappa shape index (κ2) is 9.94. The second-order valence-corrected chi connectivity index (χ2v) is 9.62. The minimum absolute atomic E-state index is 0.0474. The number of carbonyl (C=O) groups is 1. The summed E-state index contributed by atoms with van der Waals surface area (Å²) in [5, 5.41) is 1.79. The van der Waals surface area contributed by atoms with Crippen molar-refractivity contribution < 1.29 is 31.5 Å². The van der Waals surface area contributed by atoms with Crippen LogP contribution < -0.4 is 9.47 Å². The van der Waals surface area contributed by atoms with Gasteiger partial charge in [0.2, 0.25) is 10.0 Å². The number of alkyl halides is 2. The maximum Gasteiger partial charge on any atom is 0.387 e. The molecule has 0 bridgehead atoms. The van der Waals surface area contributed by atoms with E-state index in [-0.39, 0.29) is 60.7 Å². The van der Waals surface area contributed by atoms with Crippen LogP contribution in [0.4, 0.5) is 8.78 Å². The van der Waals surface area contributed by atoms with Crippen molar-refractivity contribution in [2.24, 2.45) is 0 Å². The maximum atomic E-state index is 13.2. The summed E-state index contributed by atoms with van der Waals surface area (Å²) in [4.78, 5) is 14.7. The van der Waals surface area contributed by atoms with Crippen molar-refractivity contribution in [1.29, 1.82) is 0 Å². The standard InChI is InChI=1S/C24H24F2N2O5S/c1-2-32-22-16-19(8-10-21(22)33-24(25)26)23(29)27-11-13-28(14-12-27)34(30,31)20-9-7-17-5-3-4-6-18(17)15-20/h3-10,15-16,24H,2,11-14H2,1H3. The quantitative estimate of drug-likeness (QED) is 0.501. The number of ether oxygens (including phenoxy) is 2. The van der Waals surface area contributed by atoms with E-state index in [0.717, 1.165) is 10.8 Å². The van der Waals surface area contributed by atoms with Gasteiger partial charge in [-0.3, -0.25) is 4.79 Å². The average molecular weight is 491 g/mol. The number of carbonyl (C=O) groups excluding carboxylic acids is 1. The third-order valence-corrected chi connectivity index (χ3v) is 7.49. The van der Waals surface area contributed by atoms with Gasteiger partial charge in [0.15, 0.2) is 11.5 Å². The molecule has 3 aromatic rings. The largest absolute Gasteiger partial charge is 0.490 e. The molecule has 1 amide bonds. The Balaban J connectivity index is 1.46. The van der Waals surface area contributed by atoms with Crippen molar-refractivity contribution in [3.05, 3.63) is 66.2 Å². The summed E-state index contributed by atoms with van der Waals surface area (Å²) in [6, 6.07) is 16.6. The summed E-state index contributed by atoms with van der Waals surface area (Å²) < 4.78 is 62.7. The Hall–Kier alpha value is -3.24. The van der Waals surface area contributed by atoms with Crippen LogP contribution in [0.1, 0.15) is 17.3 Å². The SMILES string of the molecule is CCOc1cc(C(=O)N2CCN(S(=O)(=O)c3ccc4ccccc4c3)CC2)ccc1OC(F)F. The number of piperazine rings is 1. The van der Waals surface area contributed by atoms with Gasteiger partial charge in [-0.2, -0.15) is 13.1 Å². The van der Waals surface area contributed by atoms with Crippen LogP contribution in [0.2, 0.25) is 0 Å². The molecule has 1 fully saturated rings. The predicted molar refractivity (Wildman–Crippen MR) is 123 cm³/mol. The van der Waals surface area contributed by atoms with Crippen molar-refractivity contribution in [3.63, 3.8) is 0 Å². The van der Waals surface area contributed by atoms with Crippen molar-refractivity contribution in [2.45, 2.75) is 18.4 Å². The molecule has 0 aromatic heterocycles. The van der Waals surface area contributed by atoms with E-state index in [4.69, 9.17) is 4.74 Å². The summed E-state index contributed by atoms with van der Waals surface area (Å²) in [7, 11) is -3.71. The summed E-state index contributed by atoms with van der Waals surface area (Å²) in [5.74, 6) is -0.446. The van der Waals surface area contributed by atoms with Gasteiger partial charge in [0.1, 0.15) is 0 Å². The molecule has 0 N–H and O–H groups in total. The Labute approximate surface area is 196 Å². The van der Waals surface area contributed by atoms with Crippen LogP contribution in [-0.4, -0.2) is 62.9 Å². The van der Waals surface area contributed by atoms with Gasteiger partial charge in [-0.05, 0) is 48.0 Å². The smallest absolute Gasteiger partial charge is 0.387 e. The fraction of sp³-hybridized carbons (Fsp3) is 0.292. The zero-order valence-corrected chi connectivity index (χ0v) is 19.3.